The van der Waals surface area contributed by atoms with Crippen molar-refractivity contribution in [1.29, 1.82) is 0 Å². The van der Waals surface area contributed by atoms with E-state index in [0.717, 1.165) is 10.2 Å². The van der Waals surface area contributed by atoms with E-state index in [9.17, 15) is 9.59 Å². The summed E-state index contributed by atoms with van der Waals surface area (Å²) in [5.74, 6) is 0.00847. The van der Waals surface area contributed by atoms with Crippen LogP contribution in [-0.4, -0.2) is 26.2 Å². The van der Waals surface area contributed by atoms with Crippen LogP contribution in [0.25, 0.3) is 10.2 Å². The van der Waals surface area contributed by atoms with E-state index >= 15 is 0 Å². The van der Waals surface area contributed by atoms with Gasteiger partial charge in [-0.05, 0) is 42.5 Å². The monoisotopic (exact) mass is 362 g/mol. The second kappa shape index (κ2) is 6.53. The Balaban J connectivity index is 1.51. The standard InChI is InChI=1S/C19H14N4O2S/c1-23-9-8-20-18(23)17(24)12-2-5-14(6-3-12)22-19(25)13-4-7-15-16(10-13)26-11-21-15/h2-11H,1H3,(H,22,25). The van der Waals surface area contributed by atoms with E-state index in [2.05, 4.69) is 15.3 Å². The molecule has 0 aliphatic rings. The van der Waals surface area contributed by atoms with E-state index in [0.29, 0.717) is 22.6 Å². The molecule has 1 amide bonds. The molecule has 6 nitrogen and oxygen atoms in total. The van der Waals surface area contributed by atoms with Crippen molar-refractivity contribution in [3.8, 4) is 0 Å². The van der Waals surface area contributed by atoms with Crippen molar-refractivity contribution < 1.29 is 9.59 Å². The SMILES string of the molecule is Cn1ccnc1C(=O)c1ccc(NC(=O)c2ccc3ncsc3c2)cc1. The van der Waals surface area contributed by atoms with Gasteiger partial charge in [0.25, 0.3) is 5.91 Å². The highest BCUT2D eigenvalue weighted by Gasteiger charge is 2.14. The number of rotatable bonds is 4. The first-order chi connectivity index (χ1) is 12.6. The second-order valence-electron chi connectivity index (χ2n) is 5.76. The molecule has 2 aromatic heterocycles. The Bertz CT molecular complexity index is 1110. The number of anilines is 1. The number of amides is 1. The molecule has 0 aliphatic heterocycles. The fourth-order valence-corrected chi connectivity index (χ4v) is 3.33. The Hall–Kier alpha value is -3.32. The van der Waals surface area contributed by atoms with Gasteiger partial charge in [-0.2, -0.15) is 0 Å². The van der Waals surface area contributed by atoms with E-state index in [1.165, 1.54) is 11.3 Å². The summed E-state index contributed by atoms with van der Waals surface area (Å²) in [5.41, 5.74) is 4.33. The number of fused-ring (bicyclic) bond motifs is 1. The number of nitrogens with zero attached hydrogens (tertiary/aromatic N) is 3. The smallest absolute Gasteiger partial charge is 0.255 e. The molecule has 2 aromatic carbocycles. The van der Waals surface area contributed by atoms with E-state index in [-0.39, 0.29) is 11.7 Å². The van der Waals surface area contributed by atoms with Gasteiger partial charge in [-0.25, -0.2) is 9.97 Å². The van der Waals surface area contributed by atoms with Gasteiger partial charge in [0, 0.05) is 36.3 Å². The van der Waals surface area contributed by atoms with Crippen LogP contribution in [0.2, 0.25) is 0 Å². The average Bonchev–Trinajstić information content (AvgIpc) is 3.29. The molecule has 0 atom stereocenters. The summed E-state index contributed by atoms with van der Waals surface area (Å²) < 4.78 is 2.64. The molecular weight excluding hydrogens is 348 g/mol. The van der Waals surface area contributed by atoms with Gasteiger partial charge < -0.3 is 9.88 Å². The van der Waals surface area contributed by atoms with Crippen LogP contribution >= 0.6 is 11.3 Å². The number of hydrogen-bond acceptors (Lipinski definition) is 5. The number of nitrogens with one attached hydrogen (secondary N) is 1. The third-order valence-electron chi connectivity index (χ3n) is 4.02. The summed E-state index contributed by atoms with van der Waals surface area (Å²) in [5, 5.41) is 2.84. The zero-order valence-corrected chi connectivity index (χ0v) is 14.7. The summed E-state index contributed by atoms with van der Waals surface area (Å²) in [6, 6.07) is 12.2. The maximum Gasteiger partial charge on any atom is 0.255 e. The number of carbonyl (C=O) groups is 2. The van der Waals surface area contributed by atoms with Crippen LogP contribution < -0.4 is 5.32 Å². The molecule has 4 rings (SSSR count). The van der Waals surface area contributed by atoms with Gasteiger partial charge in [0.05, 0.1) is 15.7 Å². The summed E-state index contributed by atoms with van der Waals surface area (Å²) in [6.07, 6.45) is 3.31. The summed E-state index contributed by atoms with van der Waals surface area (Å²) >= 11 is 1.49. The largest absolute Gasteiger partial charge is 0.331 e. The van der Waals surface area contributed by atoms with Crippen LogP contribution in [0.15, 0.2) is 60.4 Å². The highest BCUT2D eigenvalue weighted by atomic mass is 32.1. The number of ketones is 1. The normalized spacial score (nSPS) is 10.8. The van der Waals surface area contributed by atoms with Gasteiger partial charge in [-0.3, -0.25) is 9.59 Å². The molecule has 0 spiro atoms. The highest BCUT2D eigenvalue weighted by molar-refractivity contribution is 7.16. The minimum absolute atomic E-state index is 0.161. The maximum absolute atomic E-state index is 12.4. The molecule has 128 valence electrons. The maximum atomic E-state index is 12.4. The molecule has 1 N–H and O–H groups in total. The Kier molecular flexibility index (Phi) is 4.06. The third kappa shape index (κ3) is 3.00. The predicted molar refractivity (Wildman–Crippen MR) is 101 cm³/mol. The predicted octanol–water partition coefficient (Wildman–Crippen LogP) is 3.51. The molecule has 0 saturated carbocycles. The Morgan fingerprint density at radius 1 is 1.04 bits per heavy atom. The van der Waals surface area contributed by atoms with Crippen molar-refractivity contribution in [2.45, 2.75) is 0 Å². The minimum Gasteiger partial charge on any atom is -0.331 e. The van der Waals surface area contributed by atoms with Gasteiger partial charge in [-0.1, -0.05) is 0 Å². The van der Waals surface area contributed by atoms with Gasteiger partial charge in [-0.15, -0.1) is 11.3 Å². The topological polar surface area (TPSA) is 76.9 Å². The lowest BCUT2D eigenvalue weighted by atomic mass is 10.1. The second-order valence-corrected chi connectivity index (χ2v) is 6.64. The van der Waals surface area contributed by atoms with Crippen LogP contribution in [0.5, 0.6) is 0 Å². The number of carbonyl (C=O) groups excluding carboxylic acids is 2. The fourth-order valence-electron chi connectivity index (χ4n) is 2.62. The number of aromatic nitrogens is 3. The van der Waals surface area contributed by atoms with Gasteiger partial charge in [0.1, 0.15) is 0 Å². The molecule has 26 heavy (non-hydrogen) atoms. The van der Waals surface area contributed by atoms with Crippen LogP contribution in [-0.2, 0) is 7.05 Å². The van der Waals surface area contributed by atoms with E-state index < -0.39 is 0 Å². The number of aryl methyl sites for hydroxylation is 1. The van der Waals surface area contributed by atoms with Crippen LogP contribution in [0.3, 0.4) is 0 Å². The summed E-state index contributed by atoms with van der Waals surface area (Å²) in [4.78, 5) is 33.1. The van der Waals surface area contributed by atoms with Crippen LogP contribution in [0.4, 0.5) is 5.69 Å². The minimum atomic E-state index is -0.205. The van der Waals surface area contributed by atoms with Crippen molar-refractivity contribution in [2.24, 2.45) is 7.05 Å². The number of hydrogen-bond donors (Lipinski definition) is 1. The zero-order chi connectivity index (χ0) is 18.1. The number of imidazole rings is 1. The molecule has 2 heterocycles. The average molecular weight is 362 g/mol. The van der Waals surface area contributed by atoms with E-state index in [4.69, 9.17) is 0 Å². The fraction of sp³-hybridized carbons (Fsp3) is 0.0526. The Labute approximate surface area is 153 Å². The first-order valence-corrected chi connectivity index (χ1v) is 8.76. The lowest BCUT2D eigenvalue weighted by molar-refractivity contribution is 0.102. The molecule has 7 heteroatoms. The molecular formula is C19H14N4O2S. The Morgan fingerprint density at radius 3 is 2.54 bits per heavy atom. The molecule has 0 aliphatic carbocycles. The quantitative estimate of drug-likeness (QED) is 0.564. The first-order valence-electron chi connectivity index (χ1n) is 7.88. The summed E-state index contributed by atoms with van der Waals surface area (Å²) in [6.45, 7) is 0. The van der Waals surface area contributed by atoms with Crippen LogP contribution in [0, 0.1) is 0 Å². The number of thiazole rings is 1. The lowest BCUT2D eigenvalue weighted by Crippen LogP contribution is -2.12. The lowest BCUT2D eigenvalue weighted by Gasteiger charge is -2.07. The first kappa shape index (κ1) is 16.2. The molecule has 0 radical (unpaired) electrons. The number of benzene rings is 2. The molecule has 0 fully saturated rings. The van der Waals surface area contributed by atoms with Crippen molar-refractivity contribution in [3.63, 3.8) is 0 Å². The van der Waals surface area contributed by atoms with Crippen molar-refractivity contribution in [1.82, 2.24) is 14.5 Å². The van der Waals surface area contributed by atoms with Crippen LogP contribution in [0.1, 0.15) is 26.5 Å². The van der Waals surface area contributed by atoms with E-state index in [1.807, 2.05) is 12.1 Å². The molecule has 0 unspecified atom stereocenters. The molecule has 0 bridgehead atoms. The van der Waals surface area contributed by atoms with Crippen molar-refractivity contribution in [2.75, 3.05) is 5.32 Å². The molecule has 0 saturated heterocycles. The summed E-state index contributed by atoms with van der Waals surface area (Å²) in [7, 11) is 1.77. The van der Waals surface area contributed by atoms with Gasteiger partial charge >= 0.3 is 0 Å². The Morgan fingerprint density at radius 2 is 1.81 bits per heavy atom. The third-order valence-corrected chi connectivity index (χ3v) is 4.81. The van der Waals surface area contributed by atoms with Crippen molar-refractivity contribution >= 4 is 38.9 Å². The zero-order valence-electron chi connectivity index (χ0n) is 13.8. The van der Waals surface area contributed by atoms with Gasteiger partial charge in [0.2, 0.25) is 5.78 Å². The van der Waals surface area contributed by atoms with E-state index in [1.54, 1.807) is 59.9 Å². The highest BCUT2D eigenvalue weighted by Crippen LogP contribution is 2.20. The van der Waals surface area contributed by atoms with Gasteiger partial charge in [0.15, 0.2) is 5.82 Å². The molecule has 4 aromatic rings. The van der Waals surface area contributed by atoms with Crippen molar-refractivity contribution in [3.05, 3.63) is 77.3 Å².